The Labute approximate surface area is 93.3 Å². The van der Waals surface area contributed by atoms with Crippen molar-refractivity contribution in [1.29, 1.82) is 0 Å². The zero-order valence-corrected chi connectivity index (χ0v) is 9.51. The first-order chi connectivity index (χ1) is 7.25. The van der Waals surface area contributed by atoms with Gasteiger partial charge in [0.15, 0.2) is 11.6 Å². The first-order valence-electron chi connectivity index (χ1n) is 4.95. The molecule has 0 aliphatic carbocycles. The number of aliphatic hydroxyl groups is 1. The first kappa shape index (κ1) is 12.7. The van der Waals surface area contributed by atoms with Crippen LogP contribution >= 0.6 is 0 Å². The van der Waals surface area contributed by atoms with E-state index in [9.17, 15) is 13.9 Å². The zero-order valence-electron chi connectivity index (χ0n) is 9.51. The van der Waals surface area contributed by atoms with E-state index in [-0.39, 0.29) is 11.4 Å². The number of halogens is 2. The molecule has 0 aliphatic rings. The SMILES string of the molecule is CC(O)C(C)(C)Nc1c(N)ccc(F)c1F. The molecule has 1 unspecified atom stereocenters. The highest BCUT2D eigenvalue weighted by Crippen LogP contribution is 2.28. The molecule has 0 spiro atoms. The van der Waals surface area contributed by atoms with Crippen LogP contribution in [0.4, 0.5) is 20.2 Å². The zero-order chi connectivity index (χ0) is 12.5. The summed E-state index contributed by atoms with van der Waals surface area (Å²) in [5, 5.41) is 12.2. The minimum Gasteiger partial charge on any atom is -0.397 e. The number of nitrogen functional groups attached to an aromatic ring is 1. The van der Waals surface area contributed by atoms with Crippen LogP contribution in [-0.4, -0.2) is 16.7 Å². The van der Waals surface area contributed by atoms with Gasteiger partial charge in [-0.3, -0.25) is 0 Å². The lowest BCUT2D eigenvalue weighted by Crippen LogP contribution is -2.42. The molecule has 0 saturated carbocycles. The Balaban J connectivity index is 3.11. The van der Waals surface area contributed by atoms with Gasteiger partial charge in [0.05, 0.1) is 23.0 Å². The summed E-state index contributed by atoms with van der Waals surface area (Å²) in [7, 11) is 0. The Morgan fingerprint density at radius 2 is 1.94 bits per heavy atom. The van der Waals surface area contributed by atoms with E-state index < -0.39 is 23.3 Å². The van der Waals surface area contributed by atoms with Gasteiger partial charge in [0.25, 0.3) is 0 Å². The number of benzene rings is 1. The van der Waals surface area contributed by atoms with Crippen LogP contribution in [0.15, 0.2) is 12.1 Å². The molecule has 1 aromatic rings. The summed E-state index contributed by atoms with van der Waals surface area (Å²) in [6.45, 7) is 4.89. The van der Waals surface area contributed by atoms with Gasteiger partial charge in [0, 0.05) is 0 Å². The van der Waals surface area contributed by atoms with Gasteiger partial charge in [0.1, 0.15) is 0 Å². The largest absolute Gasteiger partial charge is 0.397 e. The molecule has 0 fully saturated rings. The summed E-state index contributed by atoms with van der Waals surface area (Å²) >= 11 is 0. The van der Waals surface area contributed by atoms with E-state index in [1.54, 1.807) is 20.8 Å². The van der Waals surface area contributed by atoms with Crippen LogP contribution in [0.2, 0.25) is 0 Å². The van der Waals surface area contributed by atoms with Gasteiger partial charge >= 0.3 is 0 Å². The Bertz CT molecular complexity index is 392. The predicted molar refractivity (Wildman–Crippen MR) is 60.2 cm³/mol. The number of nitrogens with two attached hydrogens (primary N) is 1. The van der Waals surface area contributed by atoms with E-state index in [2.05, 4.69) is 5.32 Å². The van der Waals surface area contributed by atoms with E-state index in [0.717, 1.165) is 6.07 Å². The highest BCUT2D eigenvalue weighted by atomic mass is 19.2. The van der Waals surface area contributed by atoms with Gasteiger partial charge in [-0.25, -0.2) is 8.78 Å². The number of aliphatic hydroxyl groups excluding tert-OH is 1. The summed E-state index contributed by atoms with van der Waals surface area (Å²) in [6, 6.07) is 2.24. The summed E-state index contributed by atoms with van der Waals surface area (Å²) in [5.74, 6) is -2.01. The highest BCUT2D eigenvalue weighted by molar-refractivity contribution is 5.67. The average Bonchev–Trinajstić information content (AvgIpc) is 2.18. The molecular weight excluding hydrogens is 214 g/mol. The summed E-state index contributed by atoms with van der Waals surface area (Å²) in [5.41, 5.74) is 4.73. The van der Waals surface area contributed by atoms with Crippen molar-refractivity contribution in [3.63, 3.8) is 0 Å². The smallest absolute Gasteiger partial charge is 0.183 e. The molecule has 0 heterocycles. The number of nitrogens with one attached hydrogen (secondary N) is 1. The molecule has 0 radical (unpaired) electrons. The van der Waals surface area contributed by atoms with Crippen molar-refractivity contribution >= 4 is 11.4 Å². The fourth-order valence-corrected chi connectivity index (χ4v) is 1.12. The fourth-order valence-electron chi connectivity index (χ4n) is 1.12. The minimum absolute atomic E-state index is 0.104. The van der Waals surface area contributed by atoms with Crippen LogP contribution in [0.5, 0.6) is 0 Å². The van der Waals surface area contributed by atoms with E-state index in [4.69, 9.17) is 5.73 Å². The molecule has 0 bridgehead atoms. The van der Waals surface area contributed by atoms with Crippen LogP contribution in [0.25, 0.3) is 0 Å². The van der Waals surface area contributed by atoms with Crippen molar-refractivity contribution in [1.82, 2.24) is 0 Å². The number of rotatable bonds is 3. The second kappa shape index (κ2) is 4.25. The van der Waals surface area contributed by atoms with Gasteiger partial charge < -0.3 is 16.2 Å². The van der Waals surface area contributed by atoms with Crippen LogP contribution in [0.1, 0.15) is 20.8 Å². The minimum atomic E-state index is -1.03. The van der Waals surface area contributed by atoms with Gasteiger partial charge in [-0.1, -0.05) is 0 Å². The molecule has 16 heavy (non-hydrogen) atoms. The average molecular weight is 230 g/mol. The normalized spacial score (nSPS) is 13.6. The number of hydrogen-bond donors (Lipinski definition) is 3. The first-order valence-corrected chi connectivity index (χ1v) is 4.95. The molecule has 0 aliphatic heterocycles. The van der Waals surface area contributed by atoms with Crippen molar-refractivity contribution < 1.29 is 13.9 Å². The monoisotopic (exact) mass is 230 g/mol. The lowest BCUT2D eigenvalue weighted by molar-refractivity contribution is 0.133. The van der Waals surface area contributed by atoms with E-state index in [1.165, 1.54) is 6.07 Å². The van der Waals surface area contributed by atoms with Crippen molar-refractivity contribution in [2.24, 2.45) is 0 Å². The maximum absolute atomic E-state index is 13.5. The quantitative estimate of drug-likeness (QED) is 0.697. The lowest BCUT2D eigenvalue weighted by atomic mass is 9.98. The Morgan fingerprint density at radius 3 is 2.44 bits per heavy atom. The molecule has 1 aromatic carbocycles. The van der Waals surface area contributed by atoms with Crippen molar-refractivity contribution in [3.05, 3.63) is 23.8 Å². The van der Waals surface area contributed by atoms with Crippen molar-refractivity contribution in [2.45, 2.75) is 32.4 Å². The summed E-state index contributed by atoms with van der Waals surface area (Å²) in [4.78, 5) is 0. The van der Waals surface area contributed by atoms with Crippen LogP contribution in [-0.2, 0) is 0 Å². The number of hydrogen-bond acceptors (Lipinski definition) is 3. The summed E-state index contributed by atoms with van der Waals surface area (Å²) in [6.07, 6.45) is -0.741. The van der Waals surface area contributed by atoms with Crippen LogP contribution < -0.4 is 11.1 Å². The predicted octanol–water partition coefficient (Wildman–Crippen LogP) is 2.12. The maximum atomic E-state index is 13.5. The maximum Gasteiger partial charge on any atom is 0.183 e. The molecule has 1 atom stereocenters. The molecule has 0 saturated heterocycles. The van der Waals surface area contributed by atoms with Gasteiger partial charge in [-0.05, 0) is 32.9 Å². The standard InChI is InChI=1S/C11H16F2N2O/c1-6(16)11(2,3)15-10-8(14)5-4-7(12)9(10)13/h4-6,15-16H,14H2,1-3H3. The third-order valence-electron chi connectivity index (χ3n) is 2.62. The van der Waals surface area contributed by atoms with E-state index >= 15 is 0 Å². The van der Waals surface area contributed by atoms with E-state index in [0.29, 0.717) is 0 Å². The topological polar surface area (TPSA) is 58.3 Å². The highest BCUT2D eigenvalue weighted by Gasteiger charge is 2.26. The third-order valence-corrected chi connectivity index (χ3v) is 2.62. The lowest BCUT2D eigenvalue weighted by Gasteiger charge is -2.31. The Kier molecular flexibility index (Phi) is 3.38. The van der Waals surface area contributed by atoms with Gasteiger partial charge in [-0.2, -0.15) is 0 Å². The molecule has 0 aromatic heterocycles. The molecule has 3 nitrogen and oxygen atoms in total. The summed E-state index contributed by atoms with van der Waals surface area (Å²) < 4.78 is 26.5. The Hall–Kier alpha value is -1.36. The number of anilines is 2. The van der Waals surface area contributed by atoms with Gasteiger partial charge in [-0.15, -0.1) is 0 Å². The Morgan fingerprint density at radius 1 is 1.38 bits per heavy atom. The van der Waals surface area contributed by atoms with Crippen LogP contribution in [0, 0.1) is 11.6 Å². The molecule has 4 N–H and O–H groups in total. The van der Waals surface area contributed by atoms with Crippen LogP contribution in [0.3, 0.4) is 0 Å². The van der Waals surface area contributed by atoms with Gasteiger partial charge in [0.2, 0.25) is 0 Å². The van der Waals surface area contributed by atoms with Crippen molar-refractivity contribution in [2.75, 3.05) is 11.1 Å². The fraction of sp³-hybridized carbons (Fsp3) is 0.455. The molecule has 90 valence electrons. The third kappa shape index (κ3) is 2.41. The molecule has 5 heteroatoms. The molecule has 1 rings (SSSR count). The van der Waals surface area contributed by atoms with E-state index in [1.807, 2.05) is 0 Å². The van der Waals surface area contributed by atoms with Crippen molar-refractivity contribution in [3.8, 4) is 0 Å². The second-order valence-electron chi connectivity index (χ2n) is 4.35. The molecule has 0 amide bonds. The molecular formula is C11H16F2N2O. The second-order valence-corrected chi connectivity index (χ2v) is 4.35.